The first-order valence-corrected chi connectivity index (χ1v) is 4.37. The Morgan fingerprint density at radius 3 is 2.70 bits per heavy atom. The van der Waals surface area contributed by atoms with Crippen molar-refractivity contribution < 1.29 is 0 Å². The van der Waals surface area contributed by atoms with E-state index in [0.29, 0.717) is 0 Å². The molecule has 2 atom stereocenters. The van der Waals surface area contributed by atoms with E-state index in [9.17, 15) is 0 Å². The third-order valence-corrected chi connectivity index (χ3v) is 2.87. The molecule has 2 nitrogen and oxygen atoms in total. The minimum Gasteiger partial charge on any atom is -0.311 e. The van der Waals surface area contributed by atoms with Crippen molar-refractivity contribution in [3.8, 4) is 0 Å². The van der Waals surface area contributed by atoms with Gasteiger partial charge in [-0.05, 0) is 19.4 Å². The van der Waals surface area contributed by atoms with Gasteiger partial charge < -0.3 is 5.32 Å². The normalized spacial score (nSPS) is 40.5. The van der Waals surface area contributed by atoms with Crippen LogP contribution >= 0.6 is 0 Å². The number of hydrogen-bond acceptors (Lipinski definition) is 2. The molecule has 2 heteroatoms. The second kappa shape index (κ2) is 2.51. The maximum atomic E-state index is 3.54. The molecule has 0 aliphatic carbocycles. The topological polar surface area (TPSA) is 15.3 Å². The molecule has 3 fully saturated rings. The van der Waals surface area contributed by atoms with E-state index >= 15 is 0 Å². The van der Waals surface area contributed by atoms with Crippen LogP contribution in [0.25, 0.3) is 0 Å². The molecule has 2 bridgehead atoms. The largest absolute Gasteiger partial charge is 0.311 e. The van der Waals surface area contributed by atoms with Crippen molar-refractivity contribution in [2.45, 2.75) is 31.8 Å². The Morgan fingerprint density at radius 2 is 2.40 bits per heavy atom. The van der Waals surface area contributed by atoms with Gasteiger partial charge in [-0.1, -0.05) is 6.92 Å². The molecule has 3 aliphatic heterocycles. The van der Waals surface area contributed by atoms with Gasteiger partial charge in [0.1, 0.15) is 0 Å². The molecule has 0 aromatic carbocycles. The van der Waals surface area contributed by atoms with Crippen LogP contribution in [0.4, 0.5) is 0 Å². The Balaban J connectivity index is 2.01. The van der Waals surface area contributed by atoms with Gasteiger partial charge in [-0.15, -0.1) is 0 Å². The van der Waals surface area contributed by atoms with Crippen LogP contribution in [-0.2, 0) is 0 Å². The average molecular weight is 140 g/mol. The van der Waals surface area contributed by atoms with Crippen LogP contribution < -0.4 is 5.32 Å². The molecule has 0 saturated carbocycles. The van der Waals surface area contributed by atoms with Gasteiger partial charge in [0.15, 0.2) is 0 Å². The molecule has 0 aromatic heterocycles. The molecule has 3 aliphatic rings. The lowest BCUT2D eigenvalue weighted by atomic mass is 9.93. The highest BCUT2D eigenvalue weighted by molar-refractivity contribution is 4.91. The second-order valence-electron chi connectivity index (χ2n) is 3.42. The summed E-state index contributed by atoms with van der Waals surface area (Å²) in [5, 5.41) is 3.54. The van der Waals surface area contributed by atoms with Crippen LogP contribution in [0.1, 0.15) is 19.8 Å². The molecular weight excluding hydrogens is 124 g/mol. The summed E-state index contributed by atoms with van der Waals surface area (Å²) in [5.41, 5.74) is 0. The van der Waals surface area contributed by atoms with Crippen LogP contribution in [0.3, 0.4) is 0 Å². The number of fused-ring (bicyclic) bond motifs is 3. The van der Waals surface area contributed by atoms with E-state index in [1.807, 2.05) is 0 Å². The molecular formula is C8H16N2. The summed E-state index contributed by atoms with van der Waals surface area (Å²) < 4.78 is 0. The number of nitrogens with one attached hydrogen (secondary N) is 1. The number of nitrogens with zero attached hydrogens (tertiary/aromatic N) is 1. The highest BCUT2D eigenvalue weighted by Crippen LogP contribution is 2.21. The summed E-state index contributed by atoms with van der Waals surface area (Å²) in [7, 11) is 0. The van der Waals surface area contributed by atoms with Crippen LogP contribution in [0.5, 0.6) is 0 Å². The lowest BCUT2D eigenvalue weighted by Gasteiger charge is -2.45. The Labute approximate surface area is 62.6 Å². The lowest BCUT2D eigenvalue weighted by Crippen LogP contribution is -2.60. The fourth-order valence-electron chi connectivity index (χ4n) is 2.19. The van der Waals surface area contributed by atoms with Crippen molar-refractivity contribution in [2.75, 3.05) is 19.6 Å². The number of piperazine rings is 1. The molecule has 0 amide bonds. The Morgan fingerprint density at radius 1 is 1.50 bits per heavy atom. The van der Waals surface area contributed by atoms with Crippen molar-refractivity contribution in [3.05, 3.63) is 0 Å². The molecule has 2 unspecified atom stereocenters. The molecule has 3 saturated heterocycles. The summed E-state index contributed by atoms with van der Waals surface area (Å²) in [6.07, 6.45) is 2.83. The third kappa shape index (κ3) is 0.956. The van der Waals surface area contributed by atoms with Crippen molar-refractivity contribution in [2.24, 2.45) is 0 Å². The third-order valence-electron chi connectivity index (χ3n) is 2.87. The fourth-order valence-corrected chi connectivity index (χ4v) is 2.19. The maximum absolute atomic E-state index is 3.54. The van der Waals surface area contributed by atoms with Gasteiger partial charge in [-0.2, -0.15) is 0 Å². The minimum atomic E-state index is 0.810. The van der Waals surface area contributed by atoms with Gasteiger partial charge in [-0.3, -0.25) is 4.90 Å². The zero-order valence-electron chi connectivity index (χ0n) is 6.64. The molecule has 3 heterocycles. The van der Waals surface area contributed by atoms with Gasteiger partial charge in [0, 0.05) is 25.2 Å². The minimum absolute atomic E-state index is 0.810. The zero-order chi connectivity index (χ0) is 6.97. The van der Waals surface area contributed by atoms with E-state index in [1.54, 1.807) is 0 Å². The fraction of sp³-hybridized carbons (Fsp3) is 1.00. The highest BCUT2D eigenvalue weighted by atomic mass is 15.2. The smallest absolute Gasteiger partial charge is 0.0221 e. The van der Waals surface area contributed by atoms with E-state index < -0.39 is 0 Å². The highest BCUT2D eigenvalue weighted by Gasteiger charge is 2.31. The van der Waals surface area contributed by atoms with E-state index in [2.05, 4.69) is 17.1 Å². The van der Waals surface area contributed by atoms with E-state index in [-0.39, 0.29) is 0 Å². The zero-order valence-corrected chi connectivity index (χ0v) is 6.64. The number of likely N-dealkylation sites (N-methyl/N-ethyl adjacent to an activating group) is 1. The lowest BCUT2D eigenvalue weighted by molar-refractivity contribution is 0.0807. The predicted molar refractivity (Wildman–Crippen MR) is 42.1 cm³/mol. The maximum Gasteiger partial charge on any atom is 0.0221 e. The van der Waals surface area contributed by atoms with Crippen molar-refractivity contribution in [1.82, 2.24) is 10.2 Å². The summed E-state index contributed by atoms with van der Waals surface area (Å²) in [5.74, 6) is 0. The summed E-state index contributed by atoms with van der Waals surface area (Å²) >= 11 is 0. The van der Waals surface area contributed by atoms with E-state index in [4.69, 9.17) is 0 Å². The van der Waals surface area contributed by atoms with Crippen molar-refractivity contribution in [1.29, 1.82) is 0 Å². The number of hydrogen-bond donors (Lipinski definition) is 1. The van der Waals surface area contributed by atoms with Gasteiger partial charge in [-0.25, -0.2) is 0 Å². The average Bonchev–Trinajstić information content (AvgIpc) is 2.06. The van der Waals surface area contributed by atoms with Gasteiger partial charge in [0.25, 0.3) is 0 Å². The molecule has 58 valence electrons. The second-order valence-corrected chi connectivity index (χ2v) is 3.42. The number of rotatable bonds is 1. The Hall–Kier alpha value is -0.0800. The molecule has 3 rings (SSSR count). The Kier molecular flexibility index (Phi) is 1.66. The first-order chi connectivity index (χ1) is 4.90. The first kappa shape index (κ1) is 6.62. The standard InChI is InChI=1S/C8H16N2/c1-2-10-6-7-3-4-8(10)5-9-7/h7-9H,2-6H2,1H3. The quantitative estimate of drug-likeness (QED) is 0.568. The molecule has 0 aromatic rings. The summed E-state index contributed by atoms with van der Waals surface area (Å²) in [4.78, 5) is 2.60. The van der Waals surface area contributed by atoms with Crippen molar-refractivity contribution in [3.63, 3.8) is 0 Å². The summed E-state index contributed by atoms with van der Waals surface area (Å²) in [6, 6.07) is 1.67. The number of piperidine rings is 2. The van der Waals surface area contributed by atoms with Gasteiger partial charge in [0.2, 0.25) is 0 Å². The molecule has 0 radical (unpaired) electrons. The van der Waals surface area contributed by atoms with E-state index in [1.165, 1.54) is 32.5 Å². The van der Waals surface area contributed by atoms with Crippen LogP contribution in [-0.4, -0.2) is 36.6 Å². The van der Waals surface area contributed by atoms with Crippen LogP contribution in [0.2, 0.25) is 0 Å². The SMILES string of the molecule is CCN1CC2CCC1CN2. The molecule has 10 heavy (non-hydrogen) atoms. The van der Waals surface area contributed by atoms with Gasteiger partial charge >= 0.3 is 0 Å². The van der Waals surface area contributed by atoms with Gasteiger partial charge in [0.05, 0.1) is 0 Å². The predicted octanol–water partition coefficient (Wildman–Crippen LogP) is 0.442. The first-order valence-electron chi connectivity index (χ1n) is 4.37. The summed E-state index contributed by atoms with van der Waals surface area (Å²) in [6.45, 7) is 6.03. The molecule has 0 spiro atoms. The Bertz CT molecular complexity index is 116. The van der Waals surface area contributed by atoms with Crippen molar-refractivity contribution >= 4 is 0 Å². The molecule has 1 N–H and O–H groups in total. The van der Waals surface area contributed by atoms with Crippen LogP contribution in [0.15, 0.2) is 0 Å². The van der Waals surface area contributed by atoms with Crippen LogP contribution in [0, 0.1) is 0 Å². The monoisotopic (exact) mass is 140 g/mol. The van der Waals surface area contributed by atoms with E-state index in [0.717, 1.165) is 12.1 Å².